The number of methoxy groups -OCH3 is 1. The van der Waals surface area contributed by atoms with Gasteiger partial charge in [0, 0.05) is 10.9 Å². The summed E-state index contributed by atoms with van der Waals surface area (Å²) in [7, 11) is -3.32. The second-order valence-corrected chi connectivity index (χ2v) is 10.3. The summed E-state index contributed by atoms with van der Waals surface area (Å²) < 4.78 is 39.0. The molecule has 0 saturated carbocycles. The van der Waals surface area contributed by atoms with E-state index in [4.69, 9.17) is 27.9 Å². The average molecular weight is 596 g/mol. The molecule has 0 heterocycles. The summed E-state index contributed by atoms with van der Waals surface area (Å²) in [6.45, 7) is 1.78. The van der Waals surface area contributed by atoms with Crippen molar-refractivity contribution in [3.63, 3.8) is 0 Å². The van der Waals surface area contributed by atoms with Crippen LogP contribution in [0.25, 0.3) is 10.8 Å². The number of para-hydroxylation sites is 1. The quantitative estimate of drug-likeness (QED) is 0.189. The first-order valence-electron chi connectivity index (χ1n) is 11.1. The summed E-state index contributed by atoms with van der Waals surface area (Å²) in [6.07, 6.45) is 0.448. The van der Waals surface area contributed by atoms with E-state index in [2.05, 4.69) is 15.5 Å². The van der Waals surface area contributed by atoms with Gasteiger partial charge in [0.25, 0.3) is 16.0 Å². The molecule has 0 spiro atoms. The number of azo groups is 1. The molecule has 4 aromatic rings. The largest absolute Gasteiger partial charge is 1.00 e. The minimum absolute atomic E-state index is 0. The van der Waals surface area contributed by atoms with Crippen LogP contribution in [0.15, 0.2) is 75.8 Å². The number of benzene rings is 4. The second kappa shape index (κ2) is 12.6. The van der Waals surface area contributed by atoms with E-state index < -0.39 is 26.7 Å². The van der Waals surface area contributed by atoms with Crippen LogP contribution in [-0.2, 0) is 16.5 Å². The van der Waals surface area contributed by atoms with Crippen molar-refractivity contribution < 1.29 is 57.2 Å². The Hall–Kier alpha value is -2.70. The van der Waals surface area contributed by atoms with Crippen LogP contribution in [0.1, 0.15) is 22.8 Å². The molecule has 0 aliphatic heterocycles. The number of nitrogens with zero attached hydrogens (tertiary/aromatic N) is 2. The Balaban J connectivity index is 0.00000420. The van der Waals surface area contributed by atoms with E-state index >= 15 is 0 Å². The summed E-state index contributed by atoms with van der Waals surface area (Å²) in [4.78, 5) is 12.6. The van der Waals surface area contributed by atoms with Gasteiger partial charge >= 0.3 is 29.6 Å². The van der Waals surface area contributed by atoms with Gasteiger partial charge in [0.05, 0.1) is 28.5 Å². The zero-order chi connectivity index (χ0) is 27.6. The van der Waals surface area contributed by atoms with Crippen LogP contribution in [0.3, 0.4) is 0 Å². The van der Waals surface area contributed by atoms with Crippen LogP contribution in [0.4, 0.5) is 17.1 Å². The van der Waals surface area contributed by atoms with Crippen molar-refractivity contribution in [2.45, 2.75) is 18.2 Å². The third-order valence-electron chi connectivity index (χ3n) is 5.66. The molecule has 0 fully saturated rings. The number of hydrogen-bond acceptors (Lipinski definition) is 7. The number of carbonyl (C=O) groups is 1. The Morgan fingerprint density at radius 3 is 2.38 bits per heavy atom. The van der Waals surface area contributed by atoms with Crippen LogP contribution in [0.5, 0.6) is 11.5 Å². The van der Waals surface area contributed by atoms with Crippen molar-refractivity contribution in [2.75, 3.05) is 12.4 Å². The third-order valence-corrected chi connectivity index (χ3v) is 7.12. The number of hydrogen-bond donors (Lipinski definition) is 2. The molecule has 39 heavy (non-hydrogen) atoms. The standard InChI is InChI=1S/C26H21Cl2N3O6S.Na/c1-3-14-11-19(28)23(21(12-14)38(34,35)36)31-30-22-16-8-5-4-7-15(16)13-17(24(22)32)26(33)29-20-10-6-9-18(27)25(20)37-2;/h4-13,32H,3H2,1-2H3,(H,29,33)(H,34,35,36);/q;+1/p-1. The van der Waals surface area contributed by atoms with E-state index in [1.165, 1.54) is 25.3 Å². The van der Waals surface area contributed by atoms with Gasteiger partial charge in [0.1, 0.15) is 10.6 Å². The van der Waals surface area contributed by atoms with E-state index in [1.54, 1.807) is 49.4 Å². The molecule has 196 valence electrons. The maximum Gasteiger partial charge on any atom is 1.00 e. The zero-order valence-electron chi connectivity index (χ0n) is 21.0. The topological polar surface area (TPSA) is 140 Å². The number of ether oxygens (including phenoxy) is 1. The molecule has 0 saturated heterocycles. The van der Waals surface area contributed by atoms with Gasteiger partial charge in [0.2, 0.25) is 0 Å². The van der Waals surface area contributed by atoms with E-state index in [0.717, 1.165) is 0 Å². The molecule has 13 heteroatoms. The molecule has 4 aromatic carbocycles. The number of nitrogens with one attached hydrogen (secondary N) is 1. The smallest absolute Gasteiger partial charge is 0.870 e. The molecule has 0 bridgehead atoms. The number of carbonyl (C=O) groups excluding carboxylic acids is 1. The minimum atomic E-state index is -4.72. The normalized spacial score (nSPS) is 11.4. The molecule has 4 rings (SSSR count). The molecule has 0 unspecified atom stereocenters. The van der Waals surface area contributed by atoms with Gasteiger partial charge in [-0.1, -0.05) is 66.2 Å². The molecule has 1 amide bonds. The first kappa shape index (κ1) is 30.8. The van der Waals surface area contributed by atoms with Crippen LogP contribution in [0.2, 0.25) is 10.0 Å². The van der Waals surface area contributed by atoms with Crippen molar-refractivity contribution in [3.8, 4) is 11.5 Å². The molecule has 0 aromatic heterocycles. The molecule has 0 aliphatic carbocycles. The number of halogens is 2. The first-order valence-corrected chi connectivity index (χ1v) is 13.3. The Bertz CT molecular complexity index is 1710. The van der Waals surface area contributed by atoms with Crippen LogP contribution in [-0.4, -0.2) is 26.0 Å². The second-order valence-electron chi connectivity index (χ2n) is 8.05. The molecule has 2 N–H and O–H groups in total. The van der Waals surface area contributed by atoms with Crippen molar-refractivity contribution >= 4 is 67.1 Å². The number of rotatable bonds is 7. The van der Waals surface area contributed by atoms with E-state index in [1.807, 2.05) is 0 Å². The monoisotopic (exact) mass is 595 g/mol. The summed E-state index contributed by atoms with van der Waals surface area (Å²) in [5.74, 6) is -1.29. The van der Waals surface area contributed by atoms with Gasteiger partial charge in [-0.15, -0.1) is 5.11 Å². The van der Waals surface area contributed by atoms with Crippen molar-refractivity contribution in [2.24, 2.45) is 10.2 Å². The van der Waals surface area contributed by atoms with Crippen LogP contribution >= 0.6 is 23.2 Å². The number of amides is 1. The number of anilines is 1. The van der Waals surface area contributed by atoms with E-state index in [0.29, 0.717) is 22.8 Å². The molecule has 0 radical (unpaired) electrons. The predicted octanol–water partition coefficient (Wildman–Crippen LogP) is 3.71. The zero-order valence-corrected chi connectivity index (χ0v) is 25.4. The predicted molar refractivity (Wildman–Crippen MR) is 144 cm³/mol. The molecular weight excluding hydrogens is 576 g/mol. The first-order chi connectivity index (χ1) is 18.0. The van der Waals surface area contributed by atoms with Crippen LogP contribution < -0.4 is 44.7 Å². The summed E-state index contributed by atoms with van der Waals surface area (Å²) >= 11 is 12.4. The Morgan fingerprint density at radius 1 is 1.03 bits per heavy atom. The average Bonchev–Trinajstić information content (AvgIpc) is 2.87. The van der Waals surface area contributed by atoms with E-state index in [-0.39, 0.29) is 68.0 Å². The fraction of sp³-hybridized carbons (Fsp3) is 0.115. The minimum Gasteiger partial charge on any atom is -0.870 e. The van der Waals surface area contributed by atoms with Gasteiger partial charge in [-0.2, -0.15) is 13.5 Å². The third kappa shape index (κ3) is 6.55. The number of aryl methyl sites for hydroxylation is 1. The van der Waals surface area contributed by atoms with Crippen molar-refractivity contribution in [1.82, 2.24) is 0 Å². The maximum atomic E-state index is 13.5. The van der Waals surface area contributed by atoms with Crippen molar-refractivity contribution in [1.29, 1.82) is 0 Å². The maximum absolute atomic E-state index is 13.5. The molecule has 0 aliphatic rings. The fourth-order valence-electron chi connectivity index (χ4n) is 3.81. The summed E-state index contributed by atoms with van der Waals surface area (Å²) in [6, 6.07) is 15.6. The Kier molecular flexibility index (Phi) is 10.0. The Morgan fingerprint density at radius 2 is 1.72 bits per heavy atom. The van der Waals surface area contributed by atoms with Gasteiger partial charge in [-0.05, 0) is 47.7 Å². The SMILES string of the molecule is CCc1cc(Cl)c(N=Nc2c([O-])c(C(=O)Nc3cccc(Cl)c3OC)cc3ccccc23)c(S(=O)(=O)O)c1.[Na+]. The molecule has 9 nitrogen and oxygen atoms in total. The van der Waals surface area contributed by atoms with Gasteiger partial charge in [0.15, 0.2) is 5.75 Å². The summed E-state index contributed by atoms with van der Waals surface area (Å²) in [5, 5.41) is 25.1. The van der Waals surface area contributed by atoms with Crippen molar-refractivity contribution in [3.05, 3.63) is 81.8 Å². The van der Waals surface area contributed by atoms with E-state index in [9.17, 15) is 22.9 Å². The summed E-state index contributed by atoms with van der Waals surface area (Å²) in [5.41, 5.74) is -0.00770. The van der Waals surface area contributed by atoms with Gasteiger partial charge in [-0.25, -0.2) is 0 Å². The fourth-order valence-corrected chi connectivity index (χ4v) is 5.09. The number of fused-ring (bicyclic) bond motifs is 1. The van der Waals surface area contributed by atoms with Gasteiger partial charge in [-0.3, -0.25) is 9.35 Å². The van der Waals surface area contributed by atoms with Gasteiger partial charge < -0.3 is 15.2 Å². The molecule has 0 atom stereocenters. The van der Waals surface area contributed by atoms with Crippen LogP contribution in [0, 0.1) is 0 Å². The Labute approximate surface area is 256 Å². The molecular formula is C26H20Cl2N3NaO6S.